The number of halogens is 2. The van der Waals surface area contributed by atoms with Crippen molar-refractivity contribution in [3.05, 3.63) is 34.9 Å². The highest BCUT2D eigenvalue weighted by molar-refractivity contribution is 6.30. The van der Waals surface area contributed by atoms with Crippen LogP contribution < -0.4 is 0 Å². The molecule has 2 atom stereocenters. The minimum atomic E-state index is -0.914. The summed E-state index contributed by atoms with van der Waals surface area (Å²) in [5.41, 5.74) is 0.457. The fourth-order valence-electron chi connectivity index (χ4n) is 5.01. The minimum Gasteiger partial charge on any atom is -0.338 e. The van der Waals surface area contributed by atoms with E-state index in [1.165, 1.54) is 19.3 Å². The van der Waals surface area contributed by atoms with Gasteiger partial charge in [0.15, 0.2) is 0 Å². The number of nitrogens with zero attached hydrogens (tertiary/aromatic N) is 2. The van der Waals surface area contributed by atoms with Crippen LogP contribution in [-0.4, -0.2) is 46.5 Å². The number of hydrogen-bond acceptors (Lipinski definition) is 2. The molecule has 136 valence electrons. The van der Waals surface area contributed by atoms with E-state index in [2.05, 4.69) is 9.80 Å². The van der Waals surface area contributed by atoms with Crippen LogP contribution in [0.2, 0.25) is 5.02 Å². The lowest BCUT2D eigenvalue weighted by atomic mass is 9.92. The normalized spacial score (nSPS) is 31.4. The van der Waals surface area contributed by atoms with Crippen LogP contribution in [0.25, 0.3) is 0 Å². The van der Waals surface area contributed by atoms with Gasteiger partial charge in [0.05, 0.1) is 0 Å². The van der Waals surface area contributed by atoms with Gasteiger partial charge in [0, 0.05) is 37.1 Å². The molecule has 0 aromatic heterocycles. The van der Waals surface area contributed by atoms with Crippen LogP contribution in [-0.2, 0) is 11.3 Å². The lowest BCUT2D eigenvalue weighted by Gasteiger charge is -2.36. The number of benzene rings is 1. The predicted octanol–water partition coefficient (Wildman–Crippen LogP) is 4.19. The molecule has 1 aromatic carbocycles. The first-order valence-electron chi connectivity index (χ1n) is 9.53. The van der Waals surface area contributed by atoms with Gasteiger partial charge in [-0.15, -0.1) is 0 Å². The highest BCUT2D eigenvalue weighted by Crippen LogP contribution is 2.42. The highest BCUT2D eigenvalue weighted by atomic mass is 35.5. The van der Waals surface area contributed by atoms with Crippen molar-refractivity contribution < 1.29 is 9.18 Å². The molecule has 2 aliphatic heterocycles. The van der Waals surface area contributed by atoms with E-state index in [0.717, 1.165) is 31.4 Å². The van der Waals surface area contributed by atoms with E-state index in [1.807, 2.05) is 24.3 Å². The Morgan fingerprint density at radius 3 is 2.60 bits per heavy atom. The Labute approximate surface area is 154 Å². The van der Waals surface area contributed by atoms with Gasteiger partial charge in [-0.1, -0.05) is 43.0 Å². The quantitative estimate of drug-likeness (QED) is 0.803. The molecular weight excluding hydrogens is 339 g/mol. The van der Waals surface area contributed by atoms with Crippen molar-refractivity contribution in [1.29, 1.82) is 0 Å². The van der Waals surface area contributed by atoms with E-state index >= 15 is 0 Å². The van der Waals surface area contributed by atoms with Gasteiger partial charge >= 0.3 is 0 Å². The van der Waals surface area contributed by atoms with Crippen LogP contribution in [0.5, 0.6) is 0 Å². The van der Waals surface area contributed by atoms with Crippen molar-refractivity contribution in [2.24, 2.45) is 0 Å². The lowest BCUT2D eigenvalue weighted by Crippen LogP contribution is -2.51. The third-order valence-electron chi connectivity index (χ3n) is 6.31. The molecule has 3 aliphatic rings. The molecule has 1 aliphatic carbocycles. The van der Waals surface area contributed by atoms with Crippen molar-refractivity contribution in [1.82, 2.24) is 9.80 Å². The smallest absolute Gasteiger partial charge is 0.243 e. The van der Waals surface area contributed by atoms with E-state index in [0.29, 0.717) is 30.6 Å². The summed E-state index contributed by atoms with van der Waals surface area (Å²) in [6.45, 7) is 1.75. The average Bonchev–Trinajstić information content (AvgIpc) is 3.11. The van der Waals surface area contributed by atoms with Gasteiger partial charge in [0.2, 0.25) is 5.91 Å². The summed E-state index contributed by atoms with van der Waals surface area (Å²) in [5.74, 6) is 0.175. The molecule has 0 bridgehead atoms. The number of amides is 1. The minimum absolute atomic E-state index is 0.175. The molecule has 3 nitrogen and oxygen atoms in total. The maximum Gasteiger partial charge on any atom is 0.243 e. The fraction of sp³-hybridized carbons (Fsp3) is 0.650. The molecule has 0 radical (unpaired) electrons. The molecule has 1 saturated carbocycles. The van der Waals surface area contributed by atoms with Crippen molar-refractivity contribution in [3.63, 3.8) is 0 Å². The number of rotatable bonds is 3. The molecular formula is C20H26ClFN2O. The standard InChI is InChI=1S/C20H26ClFN2O/c21-16-8-6-15(7-9-16)13-23-14-17(22)12-20(23)10-11-24(19(20)25)18-4-2-1-3-5-18/h6-9,17-18H,1-5,10-14H2/t17-,20?/m0/s1. The Hall–Kier alpha value is -1.13. The lowest BCUT2D eigenvalue weighted by molar-refractivity contribution is -0.139. The number of hydrogen-bond donors (Lipinski definition) is 0. The molecule has 25 heavy (non-hydrogen) atoms. The first-order chi connectivity index (χ1) is 12.1. The average molecular weight is 365 g/mol. The van der Waals surface area contributed by atoms with Crippen molar-refractivity contribution in [2.75, 3.05) is 13.1 Å². The Kier molecular flexibility index (Phi) is 4.76. The molecule has 1 unspecified atom stereocenters. The van der Waals surface area contributed by atoms with Crippen molar-refractivity contribution in [3.8, 4) is 0 Å². The maximum atomic E-state index is 14.3. The van der Waals surface area contributed by atoms with Crippen LogP contribution >= 0.6 is 11.6 Å². The van der Waals surface area contributed by atoms with Crippen LogP contribution in [0.3, 0.4) is 0 Å². The SMILES string of the molecule is O=C1N(C2CCCCC2)CCC12C[C@H](F)CN2Cc1ccc(Cl)cc1. The fourth-order valence-corrected chi connectivity index (χ4v) is 5.13. The molecule has 3 fully saturated rings. The summed E-state index contributed by atoms with van der Waals surface area (Å²) in [6.07, 6.45) is 6.11. The van der Waals surface area contributed by atoms with Crippen LogP contribution in [0.1, 0.15) is 50.5 Å². The molecule has 1 spiro atoms. The van der Waals surface area contributed by atoms with Gasteiger partial charge in [-0.2, -0.15) is 0 Å². The Morgan fingerprint density at radius 2 is 1.88 bits per heavy atom. The third-order valence-corrected chi connectivity index (χ3v) is 6.56. The molecule has 2 heterocycles. The summed E-state index contributed by atoms with van der Waals surface area (Å²) >= 11 is 5.97. The second-order valence-corrected chi connectivity index (χ2v) is 8.32. The van der Waals surface area contributed by atoms with E-state index < -0.39 is 11.7 Å². The zero-order chi connectivity index (χ0) is 17.4. The molecule has 1 aromatic rings. The summed E-state index contributed by atoms with van der Waals surface area (Å²) < 4.78 is 14.3. The van der Waals surface area contributed by atoms with Crippen LogP contribution in [0.15, 0.2) is 24.3 Å². The Bertz CT molecular complexity index is 631. The van der Waals surface area contributed by atoms with Gasteiger partial charge in [-0.25, -0.2) is 4.39 Å². The van der Waals surface area contributed by atoms with Gasteiger partial charge in [0.1, 0.15) is 11.7 Å². The van der Waals surface area contributed by atoms with Crippen LogP contribution in [0.4, 0.5) is 4.39 Å². The summed E-state index contributed by atoms with van der Waals surface area (Å²) in [7, 11) is 0. The first-order valence-corrected chi connectivity index (χ1v) is 9.91. The Balaban J connectivity index is 1.53. The predicted molar refractivity (Wildman–Crippen MR) is 97.3 cm³/mol. The summed E-state index contributed by atoms with van der Waals surface area (Å²) in [6, 6.07) is 8.03. The second-order valence-electron chi connectivity index (χ2n) is 7.88. The van der Waals surface area contributed by atoms with Crippen molar-refractivity contribution in [2.45, 2.75) is 69.2 Å². The summed E-state index contributed by atoms with van der Waals surface area (Å²) in [4.78, 5) is 17.5. The van der Waals surface area contributed by atoms with Gasteiger partial charge in [-0.05, 0) is 37.0 Å². The Morgan fingerprint density at radius 1 is 1.16 bits per heavy atom. The zero-order valence-corrected chi connectivity index (χ0v) is 15.3. The highest BCUT2D eigenvalue weighted by Gasteiger charge is 2.57. The van der Waals surface area contributed by atoms with Crippen molar-refractivity contribution >= 4 is 17.5 Å². The molecule has 0 N–H and O–H groups in total. The summed E-state index contributed by atoms with van der Waals surface area (Å²) in [5, 5.41) is 0.698. The molecule has 2 saturated heterocycles. The van der Waals surface area contributed by atoms with Gasteiger partial charge in [-0.3, -0.25) is 9.69 Å². The molecule has 1 amide bonds. The largest absolute Gasteiger partial charge is 0.338 e. The maximum absolute atomic E-state index is 14.3. The van der Waals surface area contributed by atoms with E-state index in [4.69, 9.17) is 11.6 Å². The van der Waals surface area contributed by atoms with E-state index in [-0.39, 0.29) is 5.91 Å². The number of carbonyl (C=O) groups excluding carboxylic acids is 1. The van der Waals surface area contributed by atoms with Gasteiger partial charge in [0.25, 0.3) is 0 Å². The van der Waals surface area contributed by atoms with E-state index in [9.17, 15) is 9.18 Å². The van der Waals surface area contributed by atoms with Gasteiger partial charge < -0.3 is 4.90 Å². The van der Waals surface area contributed by atoms with E-state index in [1.54, 1.807) is 0 Å². The number of carbonyl (C=O) groups is 1. The third kappa shape index (κ3) is 3.19. The monoisotopic (exact) mass is 364 g/mol. The number of likely N-dealkylation sites (tertiary alicyclic amines) is 2. The zero-order valence-electron chi connectivity index (χ0n) is 14.6. The first kappa shape index (κ1) is 17.3. The van der Waals surface area contributed by atoms with Crippen LogP contribution in [0, 0.1) is 0 Å². The molecule has 4 rings (SSSR count). The second kappa shape index (κ2) is 6.88. The number of alkyl halides is 1. The molecule has 5 heteroatoms. The topological polar surface area (TPSA) is 23.6 Å².